The highest BCUT2D eigenvalue weighted by molar-refractivity contribution is 14.1. The van der Waals surface area contributed by atoms with E-state index in [-0.39, 0.29) is 0 Å². The van der Waals surface area contributed by atoms with Crippen LogP contribution in [-0.4, -0.2) is 17.0 Å². The van der Waals surface area contributed by atoms with Crippen molar-refractivity contribution < 1.29 is 0 Å². The van der Waals surface area contributed by atoms with Gasteiger partial charge >= 0.3 is 0 Å². The van der Waals surface area contributed by atoms with Gasteiger partial charge in [0.1, 0.15) is 9.52 Å². The molecular weight excluding hydrogens is 264 g/mol. The van der Waals surface area contributed by atoms with Gasteiger partial charge in [0, 0.05) is 7.05 Å². The van der Waals surface area contributed by atoms with E-state index >= 15 is 0 Å². The molecule has 0 bridgehead atoms. The molecule has 0 fully saturated rings. The highest BCUT2D eigenvalue weighted by Crippen LogP contribution is 2.14. The van der Waals surface area contributed by atoms with E-state index in [0.717, 1.165) is 3.70 Å². The van der Waals surface area contributed by atoms with Crippen LogP contribution in [-0.2, 0) is 0 Å². The maximum absolute atomic E-state index is 5.67. The Bertz CT molecular complexity index is 240. The molecule has 1 heterocycles. The lowest BCUT2D eigenvalue weighted by Crippen LogP contribution is -1.95. The summed E-state index contributed by atoms with van der Waals surface area (Å²) in [6.45, 7) is 0. The molecule has 0 aromatic carbocycles. The highest BCUT2D eigenvalue weighted by atomic mass is 127. The number of rotatable bonds is 1. The zero-order valence-corrected chi connectivity index (χ0v) is 8.14. The van der Waals surface area contributed by atoms with E-state index < -0.39 is 0 Å². The molecule has 0 saturated heterocycles. The summed E-state index contributed by atoms with van der Waals surface area (Å²) in [6, 6.07) is 0. The smallest absolute Gasteiger partial charge is 0.163 e. The molecule has 0 aliphatic heterocycles. The summed E-state index contributed by atoms with van der Waals surface area (Å²) >= 11 is 7.70. The van der Waals surface area contributed by atoms with Crippen molar-refractivity contribution in [2.45, 2.75) is 0 Å². The summed E-state index contributed by atoms with van der Waals surface area (Å²) in [5.74, 6) is 0.686. The van der Waals surface area contributed by atoms with Gasteiger partial charge in [-0.25, -0.2) is 9.97 Å². The van der Waals surface area contributed by atoms with Crippen molar-refractivity contribution in [1.82, 2.24) is 9.97 Å². The average molecular weight is 269 g/mol. The average Bonchev–Trinajstić information content (AvgIpc) is 1.95. The summed E-state index contributed by atoms with van der Waals surface area (Å²) in [5, 5.41) is 3.27. The van der Waals surface area contributed by atoms with E-state index in [9.17, 15) is 0 Å². The molecule has 0 radical (unpaired) electrons. The Morgan fingerprint density at radius 1 is 1.70 bits per heavy atom. The third-order valence-corrected chi connectivity index (χ3v) is 2.32. The van der Waals surface area contributed by atoms with Crippen LogP contribution in [0.3, 0.4) is 0 Å². The summed E-state index contributed by atoms with van der Waals surface area (Å²) < 4.78 is 0.721. The third kappa shape index (κ3) is 1.69. The van der Waals surface area contributed by atoms with Gasteiger partial charge in [-0.3, -0.25) is 0 Å². The molecule has 1 rings (SSSR count). The SMILES string of the molecule is CNc1cnc(I)c(Cl)n1. The van der Waals surface area contributed by atoms with Crippen LogP contribution in [0.4, 0.5) is 5.82 Å². The summed E-state index contributed by atoms with van der Waals surface area (Å²) in [5.41, 5.74) is 0. The van der Waals surface area contributed by atoms with E-state index in [2.05, 4.69) is 15.3 Å². The van der Waals surface area contributed by atoms with E-state index in [1.807, 2.05) is 22.6 Å². The molecule has 0 amide bonds. The first-order valence-electron chi connectivity index (χ1n) is 2.60. The Balaban J connectivity index is 3.04. The van der Waals surface area contributed by atoms with Crippen LogP contribution < -0.4 is 5.32 Å². The number of anilines is 1. The maximum Gasteiger partial charge on any atom is 0.163 e. The second-order valence-electron chi connectivity index (χ2n) is 1.59. The molecule has 54 valence electrons. The Kier molecular flexibility index (Phi) is 2.67. The van der Waals surface area contributed by atoms with Crippen LogP contribution in [0.2, 0.25) is 5.15 Å². The molecule has 0 aliphatic carbocycles. The first kappa shape index (κ1) is 8.00. The molecule has 3 nitrogen and oxygen atoms in total. The minimum Gasteiger partial charge on any atom is -0.372 e. The van der Waals surface area contributed by atoms with E-state index in [1.54, 1.807) is 13.2 Å². The number of nitrogens with zero attached hydrogens (tertiary/aromatic N) is 2. The Labute approximate surface area is 77.4 Å². The van der Waals surface area contributed by atoms with Gasteiger partial charge in [0.25, 0.3) is 0 Å². The molecule has 5 heteroatoms. The minimum absolute atomic E-state index is 0.437. The first-order chi connectivity index (χ1) is 4.74. The van der Waals surface area contributed by atoms with Gasteiger partial charge < -0.3 is 5.32 Å². The zero-order chi connectivity index (χ0) is 7.56. The monoisotopic (exact) mass is 269 g/mol. The topological polar surface area (TPSA) is 37.8 Å². The van der Waals surface area contributed by atoms with E-state index in [4.69, 9.17) is 11.6 Å². The van der Waals surface area contributed by atoms with Gasteiger partial charge in [-0.2, -0.15) is 0 Å². The van der Waals surface area contributed by atoms with Gasteiger partial charge in [-0.05, 0) is 22.6 Å². The fourth-order valence-electron chi connectivity index (χ4n) is 0.472. The fourth-order valence-corrected chi connectivity index (χ4v) is 0.872. The van der Waals surface area contributed by atoms with Gasteiger partial charge in [0.15, 0.2) is 5.15 Å². The van der Waals surface area contributed by atoms with Gasteiger partial charge in [-0.1, -0.05) is 11.6 Å². The van der Waals surface area contributed by atoms with E-state index in [1.165, 1.54) is 0 Å². The second-order valence-corrected chi connectivity index (χ2v) is 2.97. The second kappa shape index (κ2) is 3.34. The predicted molar refractivity (Wildman–Crippen MR) is 49.3 cm³/mol. The zero-order valence-electron chi connectivity index (χ0n) is 5.23. The van der Waals surface area contributed by atoms with Crippen LogP contribution in [0.15, 0.2) is 6.20 Å². The number of hydrogen-bond donors (Lipinski definition) is 1. The molecule has 0 spiro atoms. The van der Waals surface area contributed by atoms with Crippen molar-refractivity contribution in [2.24, 2.45) is 0 Å². The predicted octanol–water partition coefficient (Wildman–Crippen LogP) is 1.78. The maximum atomic E-state index is 5.67. The Morgan fingerprint density at radius 2 is 2.40 bits per heavy atom. The van der Waals surface area contributed by atoms with Crippen LogP contribution in [0, 0.1) is 3.70 Å². The third-order valence-electron chi connectivity index (χ3n) is 0.945. The first-order valence-corrected chi connectivity index (χ1v) is 4.05. The Morgan fingerprint density at radius 3 is 2.90 bits per heavy atom. The van der Waals surface area contributed by atoms with Crippen LogP contribution in [0.1, 0.15) is 0 Å². The van der Waals surface area contributed by atoms with Crippen LogP contribution in [0.25, 0.3) is 0 Å². The quantitative estimate of drug-likeness (QED) is 0.790. The standard InChI is InChI=1S/C5H5ClIN3/c1-8-3-2-9-5(7)4(6)10-3/h2H,1H3,(H,8,10). The molecule has 1 aromatic rings. The lowest BCUT2D eigenvalue weighted by atomic mass is 10.7. The van der Waals surface area contributed by atoms with Crippen molar-refractivity contribution in [3.05, 3.63) is 15.1 Å². The molecule has 0 atom stereocenters. The lowest BCUT2D eigenvalue weighted by Gasteiger charge is -1.98. The highest BCUT2D eigenvalue weighted by Gasteiger charge is 1.98. The van der Waals surface area contributed by atoms with Crippen molar-refractivity contribution >= 4 is 40.0 Å². The molecule has 0 saturated carbocycles. The number of aromatic nitrogens is 2. The van der Waals surface area contributed by atoms with Crippen LogP contribution in [0.5, 0.6) is 0 Å². The largest absolute Gasteiger partial charge is 0.372 e. The minimum atomic E-state index is 0.437. The van der Waals surface area contributed by atoms with Gasteiger partial charge in [-0.15, -0.1) is 0 Å². The van der Waals surface area contributed by atoms with Crippen molar-refractivity contribution in [3.8, 4) is 0 Å². The lowest BCUT2D eigenvalue weighted by molar-refractivity contribution is 1.15. The molecule has 1 N–H and O–H groups in total. The Hall–Kier alpha value is -0.100. The van der Waals surface area contributed by atoms with Crippen molar-refractivity contribution in [2.75, 3.05) is 12.4 Å². The fraction of sp³-hybridized carbons (Fsp3) is 0.200. The van der Waals surface area contributed by atoms with Crippen molar-refractivity contribution in [1.29, 1.82) is 0 Å². The number of halogens is 2. The number of hydrogen-bond acceptors (Lipinski definition) is 3. The normalized spacial score (nSPS) is 9.50. The van der Waals surface area contributed by atoms with E-state index in [0.29, 0.717) is 11.0 Å². The van der Waals surface area contributed by atoms with Crippen LogP contribution >= 0.6 is 34.2 Å². The summed E-state index contributed by atoms with van der Waals surface area (Å²) in [7, 11) is 1.77. The molecular formula is C5H5ClIN3. The number of nitrogens with one attached hydrogen (secondary N) is 1. The molecule has 10 heavy (non-hydrogen) atoms. The molecule has 0 unspecified atom stereocenters. The summed E-state index contributed by atoms with van der Waals surface area (Å²) in [6.07, 6.45) is 1.63. The summed E-state index contributed by atoms with van der Waals surface area (Å²) in [4.78, 5) is 7.95. The van der Waals surface area contributed by atoms with Gasteiger partial charge in [0.2, 0.25) is 0 Å². The molecule has 1 aromatic heterocycles. The molecule has 0 aliphatic rings. The van der Waals surface area contributed by atoms with Crippen molar-refractivity contribution in [3.63, 3.8) is 0 Å². The van der Waals surface area contributed by atoms with Gasteiger partial charge in [0.05, 0.1) is 6.20 Å².